The fraction of sp³-hybridized carbons (Fsp3) is 0.0690. The Kier molecular flexibility index (Phi) is 13.0. The van der Waals surface area contributed by atoms with Crippen molar-refractivity contribution in [3.8, 4) is 28.7 Å². The van der Waals surface area contributed by atoms with E-state index in [1.807, 2.05) is 0 Å². The molecule has 25 heteroatoms. The largest absolute Gasteiger partial charge is 0.587 e. The zero-order chi connectivity index (χ0) is 39.2. The number of nitro groups is 3. The summed E-state index contributed by atoms with van der Waals surface area (Å²) in [6, 6.07) is 15.5. The molecular formula is C29H25CrN9O14S+2. The molecule has 0 aliphatic carbocycles. The molecule has 280 valence electrons. The maximum Gasteiger partial charge on any atom is 0.367 e. The van der Waals surface area contributed by atoms with E-state index in [0.717, 1.165) is 12.1 Å². The number of H-pyrrole nitrogens is 1. The van der Waals surface area contributed by atoms with Crippen LogP contribution in [-0.2, 0) is 27.5 Å². The molecule has 5 rings (SSSR count). The third-order valence-corrected chi connectivity index (χ3v) is 7.68. The minimum atomic E-state index is -4.78. The number of nitrogens with one attached hydrogen (secondary N) is 2. The molecule has 0 bridgehead atoms. The molecule has 0 fully saturated rings. The first-order valence-corrected chi connectivity index (χ1v) is 15.7. The molecule has 0 unspecified atom stereocenters. The van der Waals surface area contributed by atoms with Gasteiger partial charge in [-0.15, -0.1) is 10.2 Å². The summed E-state index contributed by atoms with van der Waals surface area (Å²) in [5.74, 6) is -1.47. The van der Waals surface area contributed by atoms with E-state index >= 15 is 0 Å². The average molecular weight is 808 g/mol. The second-order valence-electron chi connectivity index (χ2n) is 10.3. The van der Waals surface area contributed by atoms with Gasteiger partial charge in [0.15, 0.2) is 0 Å². The molecule has 5 aromatic rings. The van der Waals surface area contributed by atoms with Crippen molar-refractivity contribution in [1.82, 2.24) is 9.78 Å². The van der Waals surface area contributed by atoms with Crippen LogP contribution < -0.4 is 15.4 Å². The Hall–Kier alpha value is -7.07. The first-order valence-electron chi connectivity index (χ1n) is 14.2. The van der Waals surface area contributed by atoms with Gasteiger partial charge in [0.25, 0.3) is 15.8 Å². The normalized spacial score (nSPS) is 11.1. The smallest absolute Gasteiger partial charge is 0.367 e. The number of ether oxygens (including phenoxy) is 1. The summed E-state index contributed by atoms with van der Waals surface area (Å²) in [4.78, 5) is 41.8. The second-order valence-corrected chi connectivity index (χ2v) is 11.7. The predicted octanol–water partition coefficient (Wildman–Crippen LogP) is 3.90. The van der Waals surface area contributed by atoms with Crippen LogP contribution in [0.5, 0.6) is 23.0 Å². The van der Waals surface area contributed by atoms with E-state index < -0.39 is 75.3 Å². The number of methoxy groups -OCH3 is 1. The molecule has 1 aromatic heterocycles. The van der Waals surface area contributed by atoms with Crippen molar-refractivity contribution in [1.29, 1.82) is 0 Å². The van der Waals surface area contributed by atoms with E-state index in [-0.39, 0.29) is 34.5 Å². The molecular weight excluding hydrogens is 782 g/mol. The van der Waals surface area contributed by atoms with Crippen LogP contribution >= 0.6 is 0 Å². The molecule has 0 radical (unpaired) electrons. The molecule has 0 aliphatic rings. The van der Waals surface area contributed by atoms with E-state index in [1.54, 1.807) is 37.3 Å². The SMILES string of the molecule is COc1ccc(O)c(N=Nc2cc([N+](=O)[O-])cc([N+](=O)[O-])c2O)c1.Cc1[nH]n(-c2ccccc2)c(=O)c1[NH+]=Nc1cc(S(=O)(=O)O)cc([N+](=O)[O-])c1[OH2+].[Cr]. The molecule has 0 saturated heterocycles. The first-order chi connectivity index (χ1) is 24.9. The van der Waals surface area contributed by atoms with Gasteiger partial charge in [-0.05, 0) is 31.2 Å². The number of azo groups is 2. The number of nitro benzene ring substituents is 3. The molecule has 7 N–H and O–H groups in total. The number of aromatic nitrogens is 2. The number of phenols is 2. The number of benzene rings is 4. The van der Waals surface area contributed by atoms with Crippen molar-refractivity contribution < 1.29 is 70.3 Å². The molecule has 0 aliphatic heterocycles. The number of hydrogen-bond donors (Lipinski definition) is 5. The zero-order valence-electron chi connectivity index (χ0n) is 27.3. The minimum absolute atomic E-state index is 0. The molecule has 23 nitrogen and oxygen atoms in total. The molecule has 4 aromatic carbocycles. The number of hydrogen-bond acceptors (Lipinski definition) is 15. The van der Waals surface area contributed by atoms with Gasteiger partial charge in [-0.2, -0.15) is 8.42 Å². The van der Waals surface area contributed by atoms with Crippen LogP contribution in [0.1, 0.15) is 5.69 Å². The number of rotatable bonds is 10. The average Bonchev–Trinajstić information content (AvgIpc) is 3.39. The van der Waals surface area contributed by atoms with Crippen LogP contribution in [0.2, 0.25) is 0 Å². The van der Waals surface area contributed by atoms with E-state index in [4.69, 9.17) is 9.84 Å². The Balaban J connectivity index is 0.000000290. The Morgan fingerprint density at radius 3 is 2.07 bits per heavy atom. The number of phenolic OH excluding ortho intramolecular Hbond substituents is 2. The molecule has 0 amide bonds. The van der Waals surface area contributed by atoms with E-state index in [1.165, 1.54) is 30.0 Å². The summed E-state index contributed by atoms with van der Waals surface area (Å²) in [6.45, 7) is 1.58. The van der Waals surface area contributed by atoms with Crippen LogP contribution in [0.15, 0.2) is 97.8 Å². The topological polar surface area (TPSA) is 345 Å². The monoisotopic (exact) mass is 807 g/mol. The molecule has 0 atom stereocenters. The van der Waals surface area contributed by atoms with Crippen LogP contribution in [0.3, 0.4) is 0 Å². The second kappa shape index (κ2) is 17.0. The maximum atomic E-state index is 12.6. The fourth-order valence-electron chi connectivity index (χ4n) is 4.25. The standard InChI is InChI=1S/C16H13N5O7S.C13H10N4O7.Cr/c1-9-14(16(23)20(19-9)10-5-3-2-4-6-10)18-17-12-7-11(29(26,27)28)8-13(15(12)22)21(24)25;1-24-8-2-3-12(18)9(6-8)14-15-10-4-7(16(20)21)5-11(13(10)19)17(22)23;/h2-8,19,22H,1H3,(H,26,27,28);2-6,18-19H,1H3;/p+2. The van der Waals surface area contributed by atoms with Gasteiger partial charge in [0, 0.05) is 46.7 Å². The summed E-state index contributed by atoms with van der Waals surface area (Å²) < 4.78 is 38.1. The summed E-state index contributed by atoms with van der Waals surface area (Å²) >= 11 is 0. The minimum Gasteiger partial charge on any atom is -0.587 e. The number of aromatic hydroxyl groups is 2. The van der Waals surface area contributed by atoms with Crippen LogP contribution in [0.25, 0.3) is 5.69 Å². The van der Waals surface area contributed by atoms with Crippen molar-refractivity contribution in [3.63, 3.8) is 0 Å². The van der Waals surface area contributed by atoms with Crippen LogP contribution in [0.4, 0.5) is 39.8 Å². The Labute approximate surface area is 311 Å². The fourth-order valence-corrected chi connectivity index (χ4v) is 4.77. The van der Waals surface area contributed by atoms with Gasteiger partial charge in [-0.25, -0.2) is 4.68 Å². The number of nitrogens with zero attached hydrogens (tertiary/aromatic N) is 7. The summed E-state index contributed by atoms with van der Waals surface area (Å²) in [6.07, 6.45) is 0. The van der Waals surface area contributed by atoms with Crippen molar-refractivity contribution in [2.75, 3.05) is 7.11 Å². The van der Waals surface area contributed by atoms with Gasteiger partial charge >= 0.3 is 28.4 Å². The summed E-state index contributed by atoms with van der Waals surface area (Å²) in [7, 11) is -3.38. The van der Waals surface area contributed by atoms with Gasteiger partial charge < -0.3 is 20.1 Å². The van der Waals surface area contributed by atoms with Gasteiger partial charge in [-0.3, -0.25) is 44.8 Å². The summed E-state index contributed by atoms with van der Waals surface area (Å²) in [5, 5.41) is 76.3. The predicted molar refractivity (Wildman–Crippen MR) is 180 cm³/mol. The van der Waals surface area contributed by atoms with E-state index in [9.17, 15) is 58.3 Å². The Morgan fingerprint density at radius 1 is 0.870 bits per heavy atom. The number of aryl methyl sites for hydroxylation is 1. The van der Waals surface area contributed by atoms with Crippen molar-refractivity contribution in [2.24, 2.45) is 15.3 Å². The van der Waals surface area contributed by atoms with Gasteiger partial charge in [0.1, 0.15) is 33.5 Å². The van der Waals surface area contributed by atoms with Crippen molar-refractivity contribution >= 4 is 49.9 Å². The molecule has 1 heterocycles. The van der Waals surface area contributed by atoms with Crippen LogP contribution in [0, 0.1) is 37.3 Å². The Bertz CT molecular complexity index is 2490. The van der Waals surface area contributed by atoms with Gasteiger partial charge in [-0.1, -0.05) is 23.3 Å². The number of aromatic amines is 1. The quantitative estimate of drug-likeness (QED) is 0.0440. The zero-order valence-corrected chi connectivity index (χ0v) is 29.4. The third-order valence-electron chi connectivity index (χ3n) is 6.85. The summed E-state index contributed by atoms with van der Waals surface area (Å²) in [5.41, 5.74) is -2.95. The molecule has 0 saturated carbocycles. The van der Waals surface area contributed by atoms with Crippen molar-refractivity contribution in [2.45, 2.75) is 11.8 Å². The van der Waals surface area contributed by atoms with Crippen molar-refractivity contribution in [3.05, 3.63) is 119 Å². The Morgan fingerprint density at radius 2 is 1.50 bits per heavy atom. The third kappa shape index (κ3) is 9.42. The maximum absolute atomic E-state index is 12.6. The van der Waals surface area contributed by atoms with Gasteiger partial charge in [0.2, 0.25) is 11.4 Å². The molecule has 54 heavy (non-hydrogen) atoms. The van der Waals surface area contributed by atoms with E-state index in [0.29, 0.717) is 29.3 Å². The first kappa shape index (κ1) is 41.4. The van der Waals surface area contributed by atoms with Crippen LogP contribution in [-0.4, -0.2) is 60.0 Å². The number of non-ortho nitro benzene ring substituents is 1. The van der Waals surface area contributed by atoms with E-state index in [2.05, 4.69) is 25.6 Å². The number of para-hydroxylation sites is 1. The molecule has 0 spiro atoms. The van der Waals surface area contributed by atoms with Gasteiger partial charge in [0.05, 0.1) is 33.6 Å².